The molecule has 1 aromatic carbocycles. The lowest BCUT2D eigenvalue weighted by molar-refractivity contribution is -0.133. The highest BCUT2D eigenvalue weighted by atomic mass is 16.2. The lowest BCUT2D eigenvalue weighted by Gasteiger charge is -2.38. The average Bonchev–Trinajstić information content (AvgIpc) is 2.46. The molecule has 4 nitrogen and oxygen atoms in total. The summed E-state index contributed by atoms with van der Waals surface area (Å²) in [6.07, 6.45) is 3.27. The number of nitrogens with two attached hydrogens (primary N) is 1. The van der Waals surface area contributed by atoms with Gasteiger partial charge in [0.05, 0.1) is 6.54 Å². The summed E-state index contributed by atoms with van der Waals surface area (Å²) < 4.78 is 0. The van der Waals surface area contributed by atoms with E-state index < -0.39 is 0 Å². The highest BCUT2D eigenvalue weighted by molar-refractivity contribution is 5.81. The van der Waals surface area contributed by atoms with Gasteiger partial charge in [0.15, 0.2) is 0 Å². The fraction of sp³-hybridized carbons (Fsp3) is 0.533. The van der Waals surface area contributed by atoms with Crippen LogP contribution in [0, 0.1) is 0 Å². The Labute approximate surface area is 115 Å². The summed E-state index contributed by atoms with van der Waals surface area (Å²) in [6.45, 7) is 3.16. The molecule has 0 aliphatic carbocycles. The number of hydrogen-bond acceptors (Lipinski definition) is 3. The number of hydrogen-bond donors (Lipinski definition) is 2. The molecule has 2 rings (SSSR count). The molecule has 1 amide bonds. The van der Waals surface area contributed by atoms with E-state index in [-0.39, 0.29) is 18.0 Å². The van der Waals surface area contributed by atoms with Gasteiger partial charge in [0, 0.05) is 24.3 Å². The van der Waals surface area contributed by atoms with Crippen molar-refractivity contribution in [3.63, 3.8) is 0 Å². The fourth-order valence-corrected chi connectivity index (χ4v) is 2.65. The Bertz CT molecular complexity index is 405. The Morgan fingerprint density at radius 1 is 1.42 bits per heavy atom. The Kier molecular flexibility index (Phi) is 4.80. The quantitative estimate of drug-likeness (QED) is 0.869. The summed E-state index contributed by atoms with van der Waals surface area (Å²) in [7, 11) is 0. The molecule has 0 radical (unpaired) electrons. The minimum Gasteiger partial charge on any atom is -0.376 e. The summed E-state index contributed by atoms with van der Waals surface area (Å²) in [4.78, 5) is 14.2. The summed E-state index contributed by atoms with van der Waals surface area (Å²) >= 11 is 0. The van der Waals surface area contributed by atoms with Gasteiger partial charge < -0.3 is 16.0 Å². The molecular weight excluding hydrogens is 238 g/mol. The van der Waals surface area contributed by atoms with Crippen molar-refractivity contribution >= 4 is 11.6 Å². The van der Waals surface area contributed by atoms with Gasteiger partial charge in [-0.1, -0.05) is 18.2 Å². The van der Waals surface area contributed by atoms with Crippen molar-refractivity contribution in [2.45, 2.75) is 38.3 Å². The third kappa shape index (κ3) is 3.70. The summed E-state index contributed by atoms with van der Waals surface area (Å²) in [5.41, 5.74) is 6.97. The zero-order valence-electron chi connectivity index (χ0n) is 11.5. The topological polar surface area (TPSA) is 58.4 Å². The second-order valence-corrected chi connectivity index (χ2v) is 5.23. The van der Waals surface area contributed by atoms with Crippen molar-refractivity contribution in [3.8, 4) is 0 Å². The van der Waals surface area contributed by atoms with E-state index in [2.05, 4.69) is 5.32 Å². The molecule has 1 aliphatic heterocycles. The van der Waals surface area contributed by atoms with Crippen molar-refractivity contribution in [1.29, 1.82) is 0 Å². The summed E-state index contributed by atoms with van der Waals surface area (Å²) in [5.74, 6) is 0.144. The number of nitrogens with zero attached hydrogens (tertiary/aromatic N) is 1. The minimum atomic E-state index is 0.0426. The number of likely N-dealkylation sites (tertiary alicyclic amines) is 1. The number of carbonyl (C=O) groups excluding carboxylic acids is 1. The molecule has 19 heavy (non-hydrogen) atoms. The molecule has 1 aromatic rings. The van der Waals surface area contributed by atoms with Crippen LogP contribution in [0.1, 0.15) is 26.2 Å². The molecule has 1 fully saturated rings. The molecule has 2 atom stereocenters. The molecule has 104 valence electrons. The normalized spacial score (nSPS) is 20.9. The zero-order valence-corrected chi connectivity index (χ0v) is 11.5. The lowest BCUT2D eigenvalue weighted by atomic mass is 9.97. The van der Waals surface area contributed by atoms with Gasteiger partial charge in [-0.2, -0.15) is 0 Å². The predicted octanol–water partition coefficient (Wildman–Crippen LogP) is 1.83. The van der Waals surface area contributed by atoms with Gasteiger partial charge in [0.2, 0.25) is 5.91 Å². The van der Waals surface area contributed by atoms with E-state index in [0.29, 0.717) is 6.54 Å². The first-order valence-electron chi connectivity index (χ1n) is 7.02. The third-order valence-electron chi connectivity index (χ3n) is 3.69. The third-order valence-corrected chi connectivity index (χ3v) is 3.69. The van der Waals surface area contributed by atoms with Crippen molar-refractivity contribution in [2.75, 3.05) is 18.4 Å². The number of carbonyl (C=O) groups is 1. The first kappa shape index (κ1) is 13.9. The number of piperidine rings is 1. The van der Waals surface area contributed by atoms with Crippen molar-refractivity contribution < 1.29 is 4.79 Å². The second-order valence-electron chi connectivity index (χ2n) is 5.23. The molecular formula is C15H23N3O. The first-order valence-corrected chi connectivity index (χ1v) is 7.02. The Hall–Kier alpha value is -1.55. The standard InChI is InChI=1S/C15H23N3O/c1-12(16)14-9-5-6-10-18(14)15(19)11-17-13-7-3-2-4-8-13/h2-4,7-8,12,14,17H,5-6,9-11,16H2,1H3. The van der Waals surface area contributed by atoms with Crippen molar-refractivity contribution in [2.24, 2.45) is 5.73 Å². The van der Waals surface area contributed by atoms with Gasteiger partial charge in [-0.15, -0.1) is 0 Å². The monoisotopic (exact) mass is 261 g/mol. The maximum Gasteiger partial charge on any atom is 0.242 e. The van der Waals surface area contributed by atoms with E-state index in [4.69, 9.17) is 5.73 Å². The largest absolute Gasteiger partial charge is 0.376 e. The SMILES string of the molecule is CC(N)C1CCCCN1C(=O)CNc1ccccc1. The molecule has 1 aliphatic rings. The molecule has 1 heterocycles. The molecule has 0 spiro atoms. The van der Waals surface area contributed by atoms with Gasteiger partial charge >= 0.3 is 0 Å². The number of rotatable bonds is 4. The average molecular weight is 261 g/mol. The van der Waals surface area contributed by atoms with Gasteiger partial charge in [-0.05, 0) is 38.3 Å². The molecule has 3 N–H and O–H groups in total. The van der Waals surface area contributed by atoms with E-state index in [9.17, 15) is 4.79 Å². The molecule has 2 unspecified atom stereocenters. The van der Waals surface area contributed by atoms with E-state index in [1.165, 1.54) is 6.42 Å². The van der Waals surface area contributed by atoms with E-state index in [1.54, 1.807) is 0 Å². The molecule has 4 heteroatoms. The van der Waals surface area contributed by atoms with E-state index in [1.807, 2.05) is 42.2 Å². The highest BCUT2D eigenvalue weighted by Crippen LogP contribution is 2.19. The lowest BCUT2D eigenvalue weighted by Crippen LogP contribution is -2.53. The molecule has 0 saturated carbocycles. The van der Waals surface area contributed by atoms with Crippen LogP contribution < -0.4 is 11.1 Å². The summed E-state index contributed by atoms with van der Waals surface area (Å²) in [5, 5.41) is 3.17. The van der Waals surface area contributed by atoms with Gasteiger partial charge in [0.1, 0.15) is 0 Å². The molecule has 0 aromatic heterocycles. The van der Waals surface area contributed by atoms with Gasteiger partial charge in [-0.3, -0.25) is 4.79 Å². The number of amides is 1. The fourth-order valence-electron chi connectivity index (χ4n) is 2.65. The number of nitrogens with one attached hydrogen (secondary N) is 1. The second kappa shape index (κ2) is 6.57. The van der Waals surface area contributed by atoms with Gasteiger partial charge in [0.25, 0.3) is 0 Å². The van der Waals surface area contributed by atoms with Crippen LogP contribution in [0.25, 0.3) is 0 Å². The zero-order chi connectivity index (χ0) is 13.7. The first-order chi connectivity index (χ1) is 9.18. The molecule has 1 saturated heterocycles. The van der Waals surface area contributed by atoms with Crippen LogP contribution in [0.15, 0.2) is 30.3 Å². The van der Waals surface area contributed by atoms with Crippen molar-refractivity contribution in [1.82, 2.24) is 4.90 Å². The van der Waals surface area contributed by atoms with Crippen LogP contribution >= 0.6 is 0 Å². The predicted molar refractivity (Wildman–Crippen MR) is 77.9 cm³/mol. The minimum absolute atomic E-state index is 0.0426. The van der Waals surface area contributed by atoms with Crippen LogP contribution in [-0.4, -0.2) is 36.0 Å². The van der Waals surface area contributed by atoms with Crippen LogP contribution in [0.3, 0.4) is 0 Å². The summed E-state index contributed by atoms with van der Waals surface area (Å²) in [6, 6.07) is 10.0. The van der Waals surface area contributed by atoms with Crippen LogP contribution in [0.2, 0.25) is 0 Å². The van der Waals surface area contributed by atoms with Gasteiger partial charge in [-0.25, -0.2) is 0 Å². The maximum absolute atomic E-state index is 12.3. The number of anilines is 1. The number of para-hydroxylation sites is 1. The smallest absolute Gasteiger partial charge is 0.242 e. The number of benzene rings is 1. The Balaban J connectivity index is 1.91. The van der Waals surface area contributed by atoms with Crippen molar-refractivity contribution in [3.05, 3.63) is 30.3 Å². The van der Waals surface area contributed by atoms with Crippen LogP contribution in [-0.2, 0) is 4.79 Å². The van der Waals surface area contributed by atoms with E-state index in [0.717, 1.165) is 25.1 Å². The highest BCUT2D eigenvalue weighted by Gasteiger charge is 2.28. The molecule has 0 bridgehead atoms. The maximum atomic E-state index is 12.3. The van der Waals surface area contributed by atoms with E-state index >= 15 is 0 Å². The Morgan fingerprint density at radius 3 is 2.84 bits per heavy atom. The van der Waals surface area contributed by atoms with Crippen LogP contribution in [0.5, 0.6) is 0 Å². The van der Waals surface area contributed by atoms with Crippen LogP contribution in [0.4, 0.5) is 5.69 Å². The Morgan fingerprint density at radius 2 is 2.16 bits per heavy atom.